The highest BCUT2D eigenvalue weighted by Gasteiger charge is 2.27. The van der Waals surface area contributed by atoms with Crippen LogP contribution >= 0.6 is 19.2 Å². The van der Waals surface area contributed by atoms with Gasteiger partial charge in [-0.15, -0.1) is 11.6 Å². The molecular weight excluding hydrogens is 164 g/mol. The number of hydrogen-bond acceptors (Lipinski definition) is 2. The van der Waals surface area contributed by atoms with E-state index in [0.717, 1.165) is 0 Å². The molecule has 0 heterocycles. The summed E-state index contributed by atoms with van der Waals surface area (Å²) in [5.41, 5.74) is -1.36. The van der Waals surface area contributed by atoms with Crippen molar-refractivity contribution < 1.29 is 14.4 Å². The molecule has 2 N–H and O–H groups in total. The van der Waals surface area contributed by atoms with Gasteiger partial charge in [0, 0.05) is 5.88 Å². The molecule has 0 spiro atoms. The zero-order valence-electron chi connectivity index (χ0n) is 4.36. The summed E-state index contributed by atoms with van der Waals surface area (Å²) in [4.78, 5) is 16.6. The number of nitrogens with zero attached hydrogens (tertiary/aromatic N) is 1. The fourth-order valence-electron chi connectivity index (χ4n) is 0.200. The van der Waals surface area contributed by atoms with Gasteiger partial charge < -0.3 is 9.79 Å². The summed E-state index contributed by atoms with van der Waals surface area (Å²) in [6.45, 7) is 0. The maximum atomic E-state index is 10.2. The Bertz CT molecular complexity index is 170. The van der Waals surface area contributed by atoms with E-state index in [9.17, 15) is 4.57 Å². The van der Waals surface area contributed by atoms with E-state index in [2.05, 4.69) is 0 Å². The summed E-state index contributed by atoms with van der Waals surface area (Å²) in [5.74, 6) is -0.333. The Balaban J connectivity index is 4.18. The maximum Gasteiger partial charge on any atom is 0.343 e. The summed E-state index contributed by atoms with van der Waals surface area (Å²) in [7, 11) is -4.27. The third kappa shape index (κ3) is 2.83. The zero-order chi connectivity index (χ0) is 7.49. The number of halogens is 1. The average Bonchev–Trinajstić information content (AvgIpc) is 1.65. The first-order valence-corrected chi connectivity index (χ1v) is 4.24. The summed E-state index contributed by atoms with van der Waals surface area (Å²) in [6.07, 6.45) is 0. The van der Waals surface area contributed by atoms with Crippen molar-refractivity contribution in [3.63, 3.8) is 0 Å². The molecule has 1 atom stereocenters. The Kier molecular flexibility index (Phi) is 3.16. The molecule has 0 aromatic carbocycles. The van der Waals surface area contributed by atoms with Crippen LogP contribution in [-0.2, 0) is 4.57 Å². The molecule has 6 heteroatoms. The Hall–Kier alpha value is -0.0700. The van der Waals surface area contributed by atoms with Gasteiger partial charge in [-0.1, -0.05) is 0 Å². The van der Waals surface area contributed by atoms with Crippen LogP contribution in [0.3, 0.4) is 0 Å². The Morgan fingerprint density at radius 3 is 2.22 bits per heavy atom. The molecule has 0 aliphatic heterocycles. The SMILES string of the molecule is N#CC(CCl)P(=O)(O)O. The molecule has 0 aromatic heterocycles. The van der Waals surface area contributed by atoms with Crippen LogP contribution in [0, 0.1) is 11.3 Å². The van der Waals surface area contributed by atoms with E-state index in [4.69, 9.17) is 26.6 Å². The predicted octanol–water partition coefficient (Wildman–Crippen LogP) is 0.295. The van der Waals surface area contributed by atoms with Crippen molar-refractivity contribution in [1.29, 1.82) is 5.26 Å². The van der Waals surface area contributed by atoms with Gasteiger partial charge in [0.15, 0.2) is 5.66 Å². The van der Waals surface area contributed by atoms with E-state index >= 15 is 0 Å². The van der Waals surface area contributed by atoms with Crippen molar-refractivity contribution >= 4 is 19.2 Å². The van der Waals surface area contributed by atoms with Crippen molar-refractivity contribution in [2.45, 2.75) is 5.66 Å². The van der Waals surface area contributed by atoms with Gasteiger partial charge in [0.1, 0.15) is 0 Å². The van der Waals surface area contributed by atoms with Gasteiger partial charge in [-0.3, -0.25) is 4.57 Å². The average molecular weight is 170 g/mol. The second-order valence-corrected chi connectivity index (χ2v) is 3.50. The number of alkyl halides is 1. The van der Waals surface area contributed by atoms with Crippen LogP contribution in [-0.4, -0.2) is 21.3 Å². The predicted molar refractivity (Wildman–Crippen MR) is 32.2 cm³/mol. The Labute approximate surface area is 57.2 Å². The van der Waals surface area contributed by atoms with Crippen LogP contribution < -0.4 is 0 Å². The molecule has 0 saturated carbocycles. The van der Waals surface area contributed by atoms with Gasteiger partial charge >= 0.3 is 7.60 Å². The van der Waals surface area contributed by atoms with Gasteiger partial charge in [0.2, 0.25) is 0 Å². The van der Waals surface area contributed by atoms with Crippen molar-refractivity contribution in [2.75, 3.05) is 5.88 Å². The van der Waals surface area contributed by atoms with Gasteiger partial charge in [-0.05, 0) is 0 Å². The van der Waals surface area contributed by atoms with Crippen LogP contribution in [0.25, 0.3) is 0 Å². The van der Waals surface area contributed by atoms with Gasteiger partial charge in [0.25, 0.3) is 0 Å². The number of nitriles is 1. The highest BCUT2D eigenvalue weighted by Crippen LogP contribution is 2.40. The highest BCUT2D eigenvalue weighted by atomic mass is 35.5. The van der Waals surface area contributed by atoms with Crippen molar-refractivity contribution in [2.24, 2.45) is 0 Å². The minimum atomic E-state index is -4.27. The molecule has 0 rings (SSSR count). The molecule has 0 bridgehead atoms. The fourth-order valence-corrected chi connectivity index (χ4v) is 1.14. The summed E-state index contributed by atoms with van der Waals surface area (Å²) < 4.78 is 10.2. The third-order valence-corrected chi connectivity index (χ3v) is 2.34. The van der Waals surface area contributed by atoms with E-state index in [1.165, 1.54) is 6.07 Å². The van der Waals surface area contributed by atoms with Gasteiger partial charge in [-0.2, -0.15) is 5.26 Å². The molecule has 0 amide bonds. The minimum absolute atomic E-state index is 0.333. The van der Waals surface area contributed by atoms with E-state index in [-0.39, 0.29) is 5.88 Å². The molecule has 0 aliphatic carbocycles. The number of rotatable bonds is 2. The van der Waals surface area contributed by atoms with E-state index in [1.54, 1.807) is 0 Å². The van der Waals surface area contributed by atoms with E-state index in [1.807, 2.05) is 0 Å². The molecular formula is C3H5ClNO3P. The van der Waals surface area contributed by atoms with Crippen LogP contribution in [0.5, 0.6) is 0 Å². The van der Waals surface area contributed by atoms with Crippen LogP contribution in [0.1, 0.15) is 0 Å². The largest absolute Gasteiger partial charge is 0.343 e. The van der Waals surface area contributed by atoms with Crippen molar-refractivity contribution in [3.05, 3.63) is 0 Å². The van der Waals surface area contributed by atoms with Gasteiger partial charge in [0.05, 0.1) is 6.07 Å². The lowest BCUT2D eigenvalue weighted by molar-refractivity contribution is 0.368. The van der Waals surface area contributed by atoms with Crippen LogP contribution in [0.4, 0.5) is 0 Å². The summed E-state index contributed by atoms with van der Waals surface area (Å²) in [6, 6.07) is 1.40. The third-order valence-electron chi connectivity index (χ3n) is 0.701. The smallest absolute Gasteiger partial charge is 0.323 e. The van der Waals surface area contributed by atoms with Crippen LogP contribution in [0.15, 0.2) is 0 Å². The molecule has 0 fully saturated rings. The normalized spacial score (nSPS) is 14.4. The van der Waals surface area contributed by atoms with Crippen molar-refractivity contribution in [1.82, 2.24) is 0 Å². The first-order chi connectivity index (χ1) is 4.02. The fraction of sp³-hybridized carbons (Fsp3) is 0.667. The standard InChI is InChI=1S/C3H5ClNO3P/c4-1-3(2-5)9(6,7)8/h3H,1H2,(H2,6,7,8). The summed E-state index contributed by atoms with van der Waals surface area (Å²) >= 11 is 5.04. The number of hydrogen-bond donors (Lipinski definition) is 2. The topological polar surface area (TPSA) is 81.3 Å². The minimum Gasteiger partial charge on any atom is -0.323 e. The highest BCUT2D eigenvalue weighted by molar-refractivity contribution is 7.53. The maximum absolute atomic E-state index is 10.2. The lowest BCUT2D eigenvalue weighted by Crippen LogP contribution is -2.06. The molecule has 0 saturated heterocycles. The second-order valence-electron chi connectivity index (χ2n) is 1.39. The van der Waals surface area contributed by atoms with E-state index < -0.39 is 13.3 Å². The zero-order valence-corrected chi connectivity index (χ0v) is 6.01. The van der Waals surface area contributed by atoms with Gasteiger partial charge in [-0.25, -0.2) is 0 Å². The second kappa shape index (κ2) is 3.19. The Morgan fingerprint density at radius 2 is 2.22 bits per heavy atom. The molecule has 4 nitrogen and oxygen atoms in total. The first kappa shape index (κ1) is 8.93. The lowest BCUT2D eigenvalue weighted by Gasteiger charge is -2.04. The first-order valence-electron chi connectivity index (χ1n) is 2.03. The Morgan fingerprint density at radius 1 is 1.78 bits per heavy atom. The monoisotopic (exact) mass is 169 g/mol. The molecule has 1 unspecified atom stereocenters. The quantitative estimate of drug-likeness (QED) is 0.460. The molecule has 0 aliphatic rings. The van der Waals surface area contributed by atoms with E-state index in [0.29, 0.717) is 0 Å². The molecule has 0 aromatic rings. The lowest BCUT2D eigenvalue weighted by atomic mass is 10.5. The molecule has 0 radical (unpaired) electrons. The molecule has 52 valence electrons. The van der Waals surface area contributed by atoms with Crippen LogP contribution in [0.2, 0.25) is 0 Å². The van der Waals surface area contributed by atoms with Crippen molar-refractivity contribution in [3.8, 4) is 6.07 Å². The molecule has 9 heavy (non-hydrogen) atoms. The summed E-state index contributed by atoms with van der Waals surface area (Å²) in [5, 5.41) is 8.03.